The number of hydrogen-bond acceptors (Lipinski definition) is 3. The third-order valence-electron chi connectivity index (χ3n) is 5.68. The van der Waals surface area contributed by atoms with Crippen molar-refractivity contribution in [3.63, 3.8) is 0 Å². The molecule has 8 heteroatoms. The van der Waals surface area contributed by atoms with Crippen molar-refractivity contribution in [3.05, 3.63) is 75.4 Å². The summed E-state index contributed by atoms with van der Waals surface area (Å²) in [5.74, 6) is -0.158. The van der Waals surface area contributed by atoms with E-state index in [4.69, 9.17) is 34.8 Å². The summed E-state index contributed by atoms with van der Waals surface area (Å²) >= 11 is 18.8. The number of aromatic amines is 1. The minimum absolute atomic E-state index is 0.158. The van der Waals surface area contributed by atoms with E-state index in [9.17, 15) is 4.79 Å². The van der Waals surface area contributed by atoms with Crippen molar-refractivity contribution in [1.29, 1.82) is 0 Å². The van der Waals surface area contributed by atoms with E-state index in [2.05, 4.69) is 20.1 Å². The number of benzene rings is 2. The number of anilines is 1. The first-order valence-corrected chi connectivity index (χ1v) is 11.8. The second kappa shape index (κ2) is 10.6. The molecule has 0 unspecified atom stereocenters. The normalized spacial score (nSPS) is 14.5. The van der Waals surface area contributed by atoms with Crippen LogP contribution in [0.2, 0.25) is 15.2 Å². The Balaban J connectivity index is 1.21. The number of halogens is 3. The van der Waals surface area contributed by atoms with E-state index in [1.807, 2.05) is 42.5 Å². The van der Waals surface area contributed by atoms with E-state index in [0.29, 0.717) is 27.3 Å². The number of nitrogens with one attached hydrogen (secondary N) is 2. The Labute approximate surface area is 203 Å². The second-order valence-corrected chi connectivity index (χ2v) is 8.95. The number of nitrogens with zero attached hydrogens (tertiary/aromatic N) is 2. The predicted octanol–water partition coefficient (Wildman–Crippen LogP) is 5.58. The van der Waals surface area contributed by atoms with Gasteiger partial charge in [-0.1, -0.05) is 71.2 Å². The molecule has 1 aromatic heterocycles. The highest BCUT2D eigenvalue weighted by Gasteiger charge is 2.20. The van der Waals surface area contributed by atoms with E-state index in [1.54, 1.807) is 12.1 Å². The second-order valence-electron chi connectivity index (χ2n) is 7.79. The molecule has 2 N–H and O–H groups in total. The number of aromatic nitrogens is 1. The van der Waals surface area contributed by atoms with E-state index in [-0.39, 0.29) is 5.91 Å². The van der Waals surface area contributed by atoms with Gasteiger partial charge < -0.3 is 15.2 Å². The zero-order chi connectivity index (χ0) is 22.5. The average Bonchev–Trinajstić information content (AvgIpc) is 3.21. The summed E-state index contributed by atoms with van der Waals surface area (Å²) in [5, 5.41) is 4.54. The van der Waals surface area contributed by atoms with Gasteiger partial charge >= 0.3 is 0 Å². The molecule has 1 aliphatic heterocycles. The zero-order valence-electron chi connectivity index (χ0n) is 17.6. The molecule has 5 nitrogen and oxygen atoms in total. The standard InChI is InChI=1S/C24H25Cl3N4O/c25-19-8-4-9-21(22(19)26)31-14-12-30(13-15-31)11-5-10-28-24(32)18-16-20(29-23(18)27)17-6-2-1-3-7-17/h1-4,6-9,16,29H,5,10-15H2,(H,28,32). The van der Waals surface area contributed by atoms with Gasteiger partial charge in [0.05, 0.1) is 21.3 Å². The highest BCUT2D eigenvalue weighted by Crippen LogP contribution is 2.32. The highest BCUT2D eigenvalue weighted by atomic mass is 35.5. The van der Waals surface area contributed by atoms with Crippen molar-refractivity contribution in [2.45, 2.75) is 6.42 Å². The number of piperazine rings is 1. The molecule has 2 heterocycles. The Morgan fingerprint density at radius 2 is 1.72 bits per heavy atom. The van der Waals surface area contributed by atoms with Crippen LogP contribution in [0.4, 0.5) is 5.69 Å². The summed E-state index contributed by atoms with van der Waals surface area (Å²) in [6.45, 7) is 5.21. The lowest BCUT2D eigenvalue weighted by atomic mass is 10.1. The molecule has 2 aromatic carbocycles. The van der Waals surface area contributed by atoms with Gasteiger partial charge in [-0.25, -0.2) is 0 Å². The molecule has 0 radical (unpaired) electrons. The van der Waals surface area contributed by atoms with Gasteiger partial charge in [0.25, 0.3) is 5.91 Å². The fourth-order valence-electron chi connectivity index (χ4n) is 3.92. The monoisotopic (exact) mass is 490 g/mol. The molecule has 32 heavy (non-hydrogen) atoms. The van der Waals surface area contributed by atoms with Crippen molar-refractivity contribution < 1.29 is 4.79 Å². The van der Waals surface area contributed by atoms with Gasteiger partial charge in [0.2, 0.25) is 0 Å². The van der Waals surface area contributed by atoms with Crippen molar-refractivity contribution in [2.24, 2.45) is 0 Å². The van der Waals surface area contributed by atoms with Gasteiger partial charge in [-0.2, -0.15) is 0 Å². The van der Waals surface area contributed by atoms with Gasteiger partial charge in [-0.15, -0.1) is 0 Å². The predicted molar refractivity (Wildman–Crippen MR) is 133 cm³/mol. The molecule has 168 valence electrons. The molecule has 4 rings (SSSR count). The molecule has 0 atom stereocenters. The molecule has 3 aromatic rings. The van der Waals surface area contributed by atoms with E-state index in [0.717, 1.165) is 56.1 Å². The quantitative estimate of drug-likeness (QED) is 0.424. The van der Waals surface area contributed by atoms with Crippen LogP contribution >= 0.6 is 34.8 Å². The van der Waals surface area contributed by atoms with Crippen LogP contribution in [0.5, 0.6) is 0 Å². The first-order chi connectivity index (χ1) is 15.5. The molecule has 1 amide bonds. The van der Waals surface area contributed by atoms with Crippen LogP contribution < -0.4 is 10.2 Å². The molecule has 0 spiro atoms. The van der Waals surface area contributed by atoms with Crippen molar-refractivity contribution in [3.8, 4) is 11.3 Å². The van der Waals surface area contributed by atoms with Crippen LogP contribution in [0.3, 0.4) is 0 Å². The number of amides is 1. The summed E-state index contributed by atoms with van der Waals surface area (Å²) in [5.41, 5.74) is 3.28. The number of H-pyrrole nitrogens is 1. The fourth-order valence-corrected chi connectivity index (χ4v) is 4.57. The van der Waals surface area contributed by atoms with Gasteiger partial charge in [0, 0.05) is 38.4 Å². The van der Waals surface area contributed by atoms with Gasteiger partial charge in [0.1, 0.15) is 5.15 Å². The lowest BCUT2D eigenvalue weighted by Crippen LogP contribution is -2.47. The lowest BCUT2D eigenvalue weighted by Gasteiger charge is -2.36. The number of carbonyl (C=O) groups is 1. The third kappa shape index (κ3) is 5.41. The van der Waals surface area contributed by atoms with Crippen molar-refractivity contribution >= 4 is 46.4 Å². The number of carbonyl (C=O) groups excluding carboxylic acids is 1. The summed E-state index contributed by atoms with van der Waals surface area (Å²) in [4.78, 5) is 20.3. The summed E-state index contributed by atoms with van der Waals surface area (Å²) in [6.07, 6.45) is 0.872. The minimum atomic E-state index is -0.158. The maximum atomic E-state index is 12.6. The maximum absolute atomic E-state index is 12.6. The van der Waals surface area contributed by atoms with E-state index in [1.165, 1.54) is 0 Å². The first kappa shape index (κ1) is 23.0. The molecule has 1 saturated heterocycles. The Hall–Kier alpha value is -2.18. The van der Waals surface area contributed by atoms with Gasteiger partial charge in [-0.3, -0.25) is 9.69 Å². The molecular formula is C24H25Cl3N4O. The Morgan fingerprint density at radius 3 is 2.47 bits per heavy atom. The molecule has 0 aliphatic carbocycles. The van der Waals surface area contributed by atoms with Crippen molar-refractivity contribution in [2.75, 3.05) is 44.2 Å². The SMILES string of the molecule is O=C(NCCCN1CCN(c2cccc(Cl)c2Cl)CC1)c1cc(-c2ccccc2)[nH]c1Cl. The zero-order valence-corrected chi connectivity index (χ0v) is 19.9. The Kier molecular flexibility index (Phi) is 7.63. The van der Waals surface area contributed by atoms with E-state index < -0.39 is 0 Å². The molecule has 0 saturated carbocycles. The van der Waals surface area contributed by atoms with Gasteiger partial charge in [-0.05, 0) is 36.7 Å². The van der Waals surface area contributed by atoms with E-state index >= 15 is 0 Å². The van der Waals surface area contributed by atoms with Crippen LogP contribution in [0.15, 0.2) is 54.6 Å². The number of rotatable bonds is 7. The fraction of sp³-hybridized carbons (Fsp3) is 0.292. The summed E-state index contributed by atoms with van der Waals surface area (Å²) in [6, 6.07) is 17.4. The first-order valence-electron chi connectivity index (χ1n) is 10.7. The lowest BCUT2D eigenvalue weighted by molar-refractivity contribution is 0.0952. The smallest absolute Gasteiger partial charge is 0.254 e. The highest BCUT2D eigenvalue weighted by molar-refractivity contribution is 6.43. The van der Waals surface area contributed by atoms with Gasteiger partial charge in [0.15, 0.2) is 0 Å². The van der Waals surface area contributed by atoms with Crippen LogP contribution in [0.1, 0.15) is 16.8 Å². The van der Waals surface area contributed by atoms with Crippen LogP contribution in [0, 0.1) is 0 Å². The minimum Gasteiger partial charge on any atom is -0.368 e. The molecule has 1 fully saturated rings. The Morgan fingerprint density at radius 1 is 0.969 bits per heavy atom. The topological polar surface area (TPSA) is 51.4 Å². The van der Waals surface area contributed by atoms with Crippen LogP contribution in [0.25, 0.3) is 11.3 Å². The Bertz CT molecular complexity index is 1060. The van der Waals surface area contributed by atoms with Crippen LogP contribution in [-0.2, 0) is 0 Å². The maximum Gasteiger partial charge on any atom is 0.254 e. The number of hydrogen-bond donors (Lipinski definition) is 2. The molecular weight excluding hydrogens is 467 g/mol. The van der Waals surface area contributed by atoms with Crippen molar-refractivity contribution in [1.82, 2.24) is 15.2 Å². The molecule has 0 bridgehead atoms. The van der Waals surface area contributed by atoms with Crippen LogP contribution in [-0.4, -0.2) is 55.1 Å². The molecule has 1 aliphatic rings. The average molecular weight is 492 g/mol. The third-order valence-corrected chi connectivity index (χ3v) is 6.79. The summed E-state index contributed by atoms with van der Waals surface area (Å²) in [7, 11) is 0. The summed E-state index contributed by atoms with van der Waals surface area (Å²) < 4.78 is 0. The largest absolute Gasteiger partial charge is 0.368 e.